The van der Waals surface area contributed by atoms with Crippen LogP contribution in [0.25, 0.3) is 0 Å². The average molecular weight is 251 g/mol. The van der Waals surface area contributed by atoms with Crippen LogP contribution in [0.5, 0.6) is 0 Å². The van der Waals surface area contributed by atoms with Crippen LogP contribution >= 0.6 is 0 Å². The molecule has 0 aromatic carbocycles. The largest absolute Gasteiger partial charge is 0.481 e. The molecular formula is C14H21NO3. The maximum absolute atomic E-state index is 12.2. The third kappa shape index (κ3) is 1.50. The lowest BCUT2D eigenvalue weighted by atomic mass is 9.66. The predicted molar refractivity (Wildman–Crippen MR) is 65.9 cm³/mol. The Morgan fingerprint density at radius 2 is 1.78 bits per heavy atom. The number of likely N-dealkylation sites (tertiary alicyclic amines) is 1. The highest BCUT2D eigenvalue weighted by Gasteiger charge is 2.63. The lowest BCUT2D eigenvalue weighted by Gasteiger charge is -2.38. The molecule has 0 spiro atoms. The number of rotatable bonds is 3. The van der Waals surface area contributed by atoms with E-state index in [0.717, 1.165) is 19.5 Å². The van der Waals surface area contributed by atoms with E-state index >= 15 is 0 Å². The van der Waals surface area contributed by atoms with Crippen molar-refractivity contribution in [2.75, 3.05) is 13.1 Å². The van der Waals surface area contributed by atoms with Gasteiger partial charge in [0.05, 0.1) is 5.41 Å². The molecule has 100 valence electrons. The van der Waals surface area contributed by atoms with Crippen LogP contribution in [-0.4, -0.2) is 35.0 Å². The summed E-state index contributed by atoms with van der Waals surface area (Å²) in [5.74, 6) is 0.555. The molecule has 4 heteroatoms. The van der Waals surface area contributed by atoms with Gasteiger partial charge in [-0.25, -0.2) is 0 Å². The molecule has 3 aliphatic rings. The molecule has 3 fully saturated rings. The molecule has 0 aromatic heterocycles. The number of carboxylic acid groups (broad SMARTS) is 1. The van der Waals surface area contributed by atoms with E-state index in [-0.39, 0.29) is 12.3 Å². The molecule has 3 rings (SSSR count). The highest BCUT2D eigenvalue weighted by atomic mass is 16.4. The van der Waals surface area contributed by atoms with Gasteiger partial charge in [0.15, 0.2) is 0 Å². The molecule has 1 N–H and O–H groups in total. The standard InChI is InChI=1S/C14H21NO3/c1-13(2)9-7-15(8-10(9)13)11(16)6-14(12(17)18)4-3-5-14/h9-10H,3-8H2,1-2H3,(H,17,18). The highest BCUT2D eigenvalue weighted by Crippen LogP contribution is 2.62. The normalized spacial score (nSPS) is 34.7. The molecule has 2 saturated carbocycles. The first-order chi connectivity index (χ1) is 8.37. The molecular weight excluding hydrogens is 230 g/mol. The van der Waals surface area contributed by atoms with Gasteiger partial charge in [0.25, 0.3) is 0 Å². The first-order valence-electron chi connectivity index (χ1n) is 6.88. The van der Waals surface area contributed by atoms with Gasteiger partial charge in [-0.05, 0) is 30.1 Å². The minimum atomic E-state index is -0.785. The third-order valence-electron chi connectivity index (χ3n) is 5.73. The Balaban J connectivity index is 1.59. The van der Waals surface area contributed by atoms with Gasteiger partial charge in [0, 0.05) is 19.5 Å². The summed E-state index contributed by atoms with van der Waals surface area (Å²) in [5.41, 5.74) is -0.336. The van der Waals surface area contributed by atoms with E-state index in [1.54, 1.807) is 0 Å². The van der Waals surface area contributed by atoms with Crippen molar-refractivity contribution in [1.29, 1.82) is 0 Å². The van der Waals surface area contributed by atoms with Gasteiger partial charge in [0.2, 0.25) is 5.91 Å². The molecule has 1 aliphatic heterocycles. The van der Waals surface area contributed by atoms with E-state index in [1.807, 2.05) is 4.90 Å². The average Bonchev–Trinajstić information content (AvgIpc) is 2.66. The van der Waals surface area contributed by atoms with Crippen LogP contribution in [0.4, 0.5) is 0 Å². The fourth-order valence-corrected chi connectivity index (χ4v) is 3.81. The number of piperidine rings is 1. The molecule has 0 aromatic rings. The van der Waals surface area contributed by atoms with Gasteiger partial charge in [-0.3, -0.25) is 9.59 Å². The molecule has 0 bridgehead atoms. The van der Waals surface area contributed by atoms with Gasteiger partial charge in [-0.1, -0.05) is 20.3 Å². The van der Waals surface area contributed by atoms with Crippen molar-refractivity contribution in [3.63, 3.8) is 0 Å². The molecule has 2 unspecified atom stereocenters. The molecule has 0 radical (unpaired) electrons. The summed E-state index contributed by atoms with van der Waals surface area (Å²) in [5, 5.41) is 9.25. The lowest BCUT2D eigenvalue weighted by Crippen LogP contribution is -2.44. The number of carboxylic acids is 1. The minimum absolute atomic E-state index is 0.0556. The number of carbonyl (C=O) groups excluding carboxylic acids is 1. The van der Waals surface area contributed by atoms with Crippen molar-refractivity contribution >= 4 is 11.9 Å². The van der Waals surface area contributed by atoms with Crippen LogP contribution in [0, 0.1) is 22.7 Å². The molecule has 2 aliphatic carbocycles. The second-order valence-corrected chi connectivity index (χ2v) is 6.95. The van der Waals surface area contributed by atoms with E-state index in [0.29, 0.717) is 30.1 Å². The Morgan fingerprint density at radius 1 is 1.22 bits per heavy atom. The molecule has 1 saturated heterocycles. The SMILES string of the molecule is CC1(C)C2CN(C(=O)CC3(C(=O)O)CCC3)CC21. The monoisotopic (exact) mass is 251 g/mol. The Labute approximate surface area is 107 Å². The van der Waals surface area contributed by atoms with Gasteiger partial charge in [-0.2, -0.15) is 0 Å². The van der Waals surface area contributed by atoms with Gasteiger partial charge in [0.1, 0.15) is 0 Å². The van der Waals surface area contributed by atoms with Gasteiger partial charge in [-0.15, -0.1) is 0 Å². The van der Waals surface area contributed by atoms with Crippen LogP contribution in [0.3, 0.4) is 0 Å². The Bertz CT molecular complexity index is 397. The summed E-state index contributed by atoms with van der Waals surface area (Å²) in [4.78, 5) is 25.3. The van der Waals surface area contributed by atoms with Gasteiger partial charge < -0.3 is 10.0 Å². The van der Waals surface area contributed by atoms with Crippen molar-refractivity contribution < 1.29 is 14.7 Å². The van der Waals surface area contributed by atoms with E-state index < -0.39 is 11.4 Å². The van der Waals surface area contributed by atoms with Gasteiger partial charge >= 0.3 is 5.97 Å². The summed E-state index contributed by atoms with van der Waals surface area (Å²) in [6, 6.07) is 0. The van der Waals surface area contributed by atoms with Crippen molar-refractivity contribution in [2.24, 2.45) is 22.7 Å². The van der Waals surface area contributed by atoms with Crippen molar-refractivity contribution in [2.45, 2.75) is 39.5 Å². The first-order valence-corrected chi connectivity index (χ1v) is 6.88. The smallest absolute Gasteiger partial charge is 0.310 e. The Hall–Kier alpha value is -1.06. The number of nitrogens with zero attached hydrogens (tertiary/aromatic N) is 1. The third-order valence-corrected chi connectivity index (χ3v) is 5.73. The predicted octanol–water partition coefficient (Wildman–Crippen LogP) is 1.75. The number of carbonyl (C=O) groups is 2. The Kier molecular flexibility index (Phi) is 2.32. The topological polar surface area (TPSA) is 57.6 Å². The molecule has 4 nitrogen and oxygen atoms in total. The van der Waals surface area contributed by atoms with E-state index in [2.05, 4.69) is 13.8 Å². The van der Waals surface area contributed by atoms with E-state index in [9.17, 15) is 14.7 Å². The summed E-state index contributed by atoms with van der Waals surface area (Å²) in [6.07, 6.45) is 2.49. The number of amides is 1. The minimum Gasteiger partial charge on any atom is -0.481 e. The number of fused-ring (bicyclic) bond motifs is 1. The zero-order valence-electron chi connectivity index (χ0n) is 11.1. The second-order valence-electron chi connectivity index (χ2n) is 6.95. The van der Waals surface area contributed by atoms with Crippen LogP contribution < -0.4 is 0 Å². The molecule has 2 atom stereocenters. The molecule has 1 heterocycles. The van der Waals surface area contributed by atoms with Crippen molar-refractivity contribution in [3.05, 3.63) is 0 Å². The summed E-state index contributed by atoms with van der Waals surface area (Å²) in [7, 11) is 0. The molecule has 1 amide bonds. The maximum Gasteiger partial charge on any atom is 0.310 e. The Morgan fingerprint density at radius 3 is 2.17 bits per heavy atom. The number of aliphatic carboxylic acids is 1. The van der Waals surface area contributed by atoms with Crippen LogP contribution in [0.15, 0.2) is 0 Å². The first kappa shape index (κ1) is 12.0. The lowest BCUT2D eigenvalue weighted by molar-refractivity contribution is -0.159. The van der Waals surface area contributed by atoms with Crippen LogP contribution in [-0.2, 0) is 9.59 Å². The van der Waals surface area contributed by atoms with E-state index in [4.69, 9.17) is 0 Å². The maximum atomic E-state index is 12.2. The zero-order chi connectivity index (χ0) is 13.1. The van der Waals surface area contributed by atoms with Crippen molar-refractivity contribution in [1.82, 2.24) is 4.90 Å². The zero-order valence-corrected chi connectivity index (χ0v) is 11.1. The fourth-order valence-electron chi connectivity index (χ4n) is 3.81. The fraction of sp³-hybridized carbons (Fsp3) is 0.857. The van der Waals surface area contributed by atoms with Crippen molar-refractivity contribution in [3.8, 4) is 0 Å². The van der Waals surface area contributed by atoms with E-state index in [1.165, 1.54) is 0 Å². The van der Waals surface area contributed by atoms with Crippen LogP contribution in [0.2, 0.25) is 0 Å². The van der Waals surface area contributed by atoms with Crippen LogP contribution in [0.1, 0.15) is 39.5 Å². The second kappa shape index (κ2) is 3.49. The number of hydrogen-bond donors (Lipinski definition) is 1. The summed E-state index contributed by atoms with van der Waals surface area (Å²) >= 11 is 0. The summed E-state index contributed by atoms with van der Waals surface area (Å²) < 4.78 is 0. The highest BCUT2D eigenvalue weighted by molar-refractivity contribution is 5.86. The number of hydrogen-bond acceptors (Lipinski definition) is 2. The molecule has 18 heavy (non-hydrogen) atoms. The quantitative estimate of drug-likeness (QED) is 0.831. The summed E-state index contributed by atoms with van der Waals surface area (Å²) in [6.45, 7) is 6.20.